The molecule has 7 heteroatoms. The molecule has 90 valence electrons. The molecule has 0 aromatic carbocycles. The van der Waals surface area contributed by atoms with Gasteiger partial charge in [0.05, 0.1) is 6.61 Å². The van der Waals surface area contributed by atoms with Crippen molar-refractivity contribution in [3.8, 4) is 0 Å². The van der Waals surface area contributed by atoms with E-state index >= 15 is 0 Å². The number of imidazole rings is 1. The van der Waals surface area contributed by atoms with E-state index in [0.29, 0.717) is 13.2 Å². The third-order valence-electron chi connectivity index (χ3n) is 2.73. The topological polar surface area (TPSA) is 64.4 Å². The summed E-state index contributed by atoms with van der Waals surface area (Å²) in [4.78, 5) is 3.76. The summed E-state index contributed by atoms with van der Waals surface area (Å²) >= 11 is 0. The highest BCUT2D eigenvalue weighted by molar-refractivity contribution is 7.87. The quantitative estimate of drug-likeness (QED) is 0.754. The van der Waals surface area contributed by atoms with E-state index < -0.39 is 10.2 Å². The van der Waals surface area contributed by atoms with Gasteiger partial charge in [0.25, 0.3) is 0 Å². The van der Waals surface area contributed by atoms with Crippen LogP contribution in [0.4, 0.5) is 0 Å². The molecule has 0 unspecified atom stereocenters. The summed E-state index contributed by atoms with van der Waals surface area (Å²) in [5.74, 6) is 0. The smallest absolute Gasteiger partial charge is 0.309 e. The normalized spacial score (nSPS) is 22.7. The predicted molar refractivity (Wildman–Crippen MR) is 58.1 cm³/mol. The fourth-order valence-electron chi connectivity index (χ4n) is 1.98. The molecule has 0 saturated carbocycles. The Labute approximate surface area is 95.0 Å². The molecule has 16 heavy (non-hydrogen) atoms. The second-order valence-corrected chi connectivity index (χ2v) is 5.55. The first kappa shape index (κ1) is 11.6. The first-order valence-corrected chi connectivity index (χ1v) is 6.55. The molecular formula is C9H15N3O3S. The van der Waals surface area contributed by atoms with Gasteiger partial charge in [0.15, 0.2) is 0 Å². The van der Waals surface area contributed by atoms with Gasteiger partial charge in [0.2, 0.25) is 0 Å². The molecule has 1 aliphatic heterocycles. The van der Waals surface area contributed by atoms with Gasteiger partial charge in [-0.3, -0.25) is 0 Å². The lowest BCUT2D eigenvalue weighted by atomic mass is 10.2. The van der Waals surface area contributed by atoms with Crippen molar-refractivity contribution in [2.75, 3.05) is 20.3 Å². The van der Waals surface area contributed by atoms with Gasteiger partial charge in [0, 0.05) is 32.1 Å². The minimum Gasteiger partial charge on any atom is -0.383 e. The van der Waals surface area contributed by atoms with Crippen LogP contribution in [0.2, 0.25) is 0 Å². The van der Waals surface area contributed by atoms with Crippen LogP contribution in [0.1, 0.15) is 12.8 Å². The highest BCUT2D eigenvalue weighted by Gasteiger charge is 2.34. The Kier molecular flexibility index (Phi) is 3.27. The third-order valence-corrected chi connectivity index (χ3v) is 4.55. The Bertz CT molecular complexity index is 429. The Morgan fingerprint density at radius 2 is 2.38 bits per heavy atom. The summed E-state index contributed by atoms with van der Waals surface area (Å²) in [5.41, 5.74) is 0. The number of hydrogen-bond donors (Lipinski definition) is 0. The van der Waals surface area contributed by atoms with E-state index in [1.54, 1.807) is 7.11 Å². The zero-order valence-corrected chi connectivity index (χ0v) is 9.93. The lowest BCUT2D eigenvalue weighted by Crippen LogP contribution is -2.40. The van der Waals surface area contributed by atoms with E-state index in [1.807, 2.05) is 0 Å². The van der Waals surface area contributed by atoms with E-state index in [1.165, 1.54) is 23.0 Å². The van der Waals surface area contributed by atoms with Crippen LogP contribution in [-0.4, -0.2) is 48.0 Å². The molecular weight excluding hydrogens is 230 g/mol. The van der Waals surface area contributed by atoms with Gasteiger partial charge in [-0.2, -0.15) is 12.7 Å². The van der Waals surface area contributed by atoms with Gasteiger partial charge in [0.1, 0.15) is 6.33 Å². The molecule has 0 spiro atoms. The summed E-state index contributed by atoms with van der Waals surface area (Å²) in [6.45, 7) is 0.989. The molecule has 2 heterocycles. The molecule has 0 bridgehead atoms. The standard InChI is InChI=1S/C9H15N3O3S/c1-15-7-9-3-2-5-12(9)16(13,14)11-6-4-10-8-11/h4,6,8-9H,2-3,5,7H2,1H3/t9-/m1/s1. The highest BCUT2D eigenvalue weighted by atomic mass is 32.2. The minimum absolute atomic E-state index is 0.0580. The van der Waals surface area contributed by atoms with E-state index in [9.17, 15) is 8.42 Å². The monoisotopic (exact) mass is 245 g/mol. The minimum atomic E-state index is -3.46. The molecule has 1 saturated heterocycles. The SMILES string of the molecule is COC[C@H]1CCCN1S(=O)(=O)n1ccnc1. The Morgan fingerprint density at radius 1 is 1.56 bits per heavy atom. The molecule has 1 aromatic rings. The number of rotatable bonds is 4. The molecule has 1 aliphatic rings. The highest BCUT2D eigenvalue weighted by Crippen LogP contribution is 2.22. The van der Waals surface area contributed by atoms with E-state index in [2.05, 4.69) is 4.98 Å². The van der Waals surface area contributed by atoms with Crippen molar-refractivity contribution in [1.29, 1.82) is 0 Å². The fraction of sp³-hybridized carbons (Fsp3) is 0.667. The van der Waals surface area contributed by atoms with Crippen molar-refractivity contribution in [3.05, 3.63) is 18.7 Å². The predicted octanol–water partition coefficient (Wildman–Crippen LogP) is 0.0868. The number of hydrogen-bond acceptors (Lipinski definition) is 4. The molecule has 0 amide bonds. The van der Waals surface area contributed by atoms with E-state index in [0.717, 1.165) is 16.8 Å². The van der Waals surface area contributed by atoms with Crippen LogP contribution in [0.3, 0.4) is 0 Å². The summed E-state index contributed by atoms with van der Waals surface area (Å²) < 4.78 is 32.0. The summed E-state index contributed by atoms with van der Waals surface area (Å²) in [6, 6.07) is -0.0580. The van der Waals surface area contributed by atoms with Gasteiger partial charge >= 0.3 is 10.2 Å². The van der Waals surface area contributed by atoms with Crippen LogP contribution in [0, 0.1) is 0 Å². The van der Waals surface area contributed by atoms with Gasteiger partial charge in [-0.25, -0.2) is 8.96 Å². The molecule has 1 aromatic heterocycles. The molecule has 1 atom stereocenters. The lowest BCUT2D eigenvalue weighted by molar-refractivity contribution is 0.148. The number of aromatic nitrogens is 2. The maximum absolute atomic E-state index is 12.2. The van der Waals surface area contributed by atoms with Crippen LogP contribution in [-0.2, 0) is 14.9 Å². The van der Waals surface area contributed by atoms with Gasteiger partial charge in [-0.1, -0.05) is 0 Å². The Morgan fingerprint density at radius 3 is 3.00 bits per heavy atom. The second-order valence-electron chi connectivity index (χ2n) is 3.76. The summed E-state index contributed by atoms with van der Waals surface area (Å²) in [5, 5.41) is 0. The summed E-state index contributed by atoms with van der Waals surface area (Å²) in [7, 11) is -1.88. The maximum atomic E-state index is 12.2. The largest absolute Gasteiger partial charge is 0.383 e. The fourth-order valence-corrected chi connectivity index (χ4v) is 3.50. The van der Waals surface area contributed by atoms with Crippen molar-refractivity contribution in [3.63, 3.8) is 0 Å². The van der Waals surface area contributed by atoms with Crippen molar-refractivity contribution in [1.82, 2.24) is 13.3 Å². The van der Waals surface area contributed by atoms with Crippen molar-refractivity contribution in [2.45, 2.75) is 18.9 Å². The molecule has 2 rings (SSSR count). The molecule has 0 N–H and O–H groups in total. The van der Waals surface area contributed by atoms with Crippen LogP contribution in [0.25, 0.3) is 0 Å². The van der Waals surface area contributed by atoms with Gasteiger partial charge in [-0.05, 0) is 12.8 Å². The zero-order valence-electron chi connectivity index (χ0n) is 9.11. The third kappa shape index (κ3) is 1.98. The van der Waals surface area contributed by atoms with E-state index in [-0.39, 0.29) is 6.04 Å². The van der Waals surface area contributed by atoms with Crippen LogP contribution >= 0.6 is 0 Å². The molecule has 0 aliphatic carbocycles. The first-order chi connectivity index (χ1) is 7.66. The molecule has 1 fully saturated rings. The van der Waals surface area contributed by atoms with Crippen LogP contribution in [0.15, 0.2) is 18.7 Å². The van der Waals surface area contributed by atoms with Crippen LogP contribution in [0.5, 0.6) is 0 Å². The van der Waals surface area contributed by atoms with Crippen molar-refractivity contribution < 1.29 is 13.2 Å². The number of nitrogens with zero attached hydrogens (tertiary/aromatic N) is 3. The zero-order chi connectivity index (χ0) is 11.6. The van der Waals surface area contributed by atoms with E-state index in [4.69, 9.17) is 4.74 Å². The average Bonchev–Trinajstić information content (AvgIpc) is 2.88. The summed E-state index contributed by atoms with van der Waals surface area (Å²) in [6.07, 6.45) is 5.93. The van der Waals surface area contributed by atoms with Gasteiger partial charge < -0.3 is 4.74 Å². The van der Waals surface area contributed by atoms with Gasteiger partial charge in [-0.15, -0.1) is 0 Å². The Hall–Kier alpha value is -0.920. The van der Waals surface area contributed by atoms with Crippen molar-refractivity contribution >= 4 is 10.2 Å². The molecule has 6 nitrogen and oxygen atoms in total. The number of ether oxygens (including phenoxy) is 1. The average molecular weight is 245 g/mol. The first-order valence-electron chi connectivity index (χ1n) is 5.15. The Balaban J connectivity index is 2.24. The number of methoxy groups -OCH3 is 1. The molecule has 0 radical (unpaired) electrons. The van der Waals surface area contributed by atoms with Crippen molar-refractivity contribution in [2.24, 2.45) is 0 Å². The maximum Gasteiger partial charge on any atom is 0.309 e. The van der Waals surface area contributed by atoms with Crippen LogP contribution < -0.4 is 0 Å². The second kappa shape index (κ2) is 4.52. The lowest BCUT2D eigenvalue weighted by Gasteiger charge is -2.23.